The van der Waals surface area contributed by atoms with Crippen LogP contribution in [0.2, 0.25) is 0 Å². The number of aromatic nitrogens is 1. The molecule has 1 fully saturated rings. The molecule has 0 saturated carbocycles. The normalized spacial score (nSPS) is 22.2. The standard InChI is InChI=1S/C15H24N2O3S/c1-11-7-14(8-12(2)16-11)15(18)9-13-5-4-6-17(10-13)21(3,19)20/h7-8,13,15,18H,4-6,9-10H2,1-3H3. The number of rotatable bonds is 4. The van der Waals surface area contributed by atoms with Crippen molar-refractivity contribution >= 4 is 10.0 Å². The van der Waals surface area contributed by atoms with Gasteiger partial charge in [0.15, 0.2) is 0 Å². The summed E-state index contributed by atoms with van der Waals surface area (Å²) < 4.78 is 24.8. The molecule has 1 aliphatic heterocycles. The van der Waals surface area contributed by atoms with E-state index in [1.165, 1.54) is 10.6 Å². The highest BCUT2D eigenvalue weighted by Gasteiger charge is 2.27. The molecule has 1 aromatic rings. The predicted octanol–water partition coefficient (Wildman–Crippen LogP) is 1.79. The van der Waals surface area contributed by atoms with Crippen molar-refractivity contribution in [2.24, 2.45) is 5.92 Å². The molecule has 5 nitrogen and oxygen atoms in total. The SMILES string of the molecule is Cc1cc(C(O)CC2CCCN(S(C)(=O)=O)C2)cc(C)n1. The minimum Gasteiger partial charge on any atom is -0.388 e. The summed E-state index contributed by atoms with van der Waals surface area (Å²) in [5.41, 5.74) is 2.66. The van der Waals surface area contributed by atoms with Crippen molar-refractivity contribution in [2.45, 2.75) is 39.2 Å². The Morgan fingerprint density at radius 3 is 2.57 bits per heavy atom. The van der Waals surface area contributed by atoms with Crippen LogP contribution in [0.5, 0.6) is 0 Å². The van der Waals surface area contributed by atoms with Crippen LogP contribution in [0.15, 0.2) is 12.1 Å². The van der Waals surface area contributed by atoms with Gasteiger partial charge in [0.2, 0.25) is 10.0 Å². The molecule has 118 valence electrons. The van der Waals surface area contributed by atoms with Crippen LogP contribution < -0.4 is 0 Å². The summed E-state index contributed by atoms with van der Waals surface area (Å²) in [7, 11) is -3.13. The molecule has 21 heavy (non-hydrogen) atoms. The lowest BCUT2D eigenvalue weighted by Gasteiger charge is -2.32. The van der Waals surface area contributed by atoms with Gasteiger partial charge in [-0.2, -0.15) is 0 Å². The Morgan fingerprint density at radius 1 is 1.38 bits per heavy atom. The zero-order chi connectivity index (χ0) is 15.6. The molecule has 0 spiro atoms. The van der Waals surface area contributed by atoms with E-state index in [0.29, 0.717) is 19.5 Å². The molecule has 1 saturated heterocycles. The molecule has 1 N–H and O–H groups in total. The van der Waals surface area contributed by atoms with E-state index in [9.17, 15) is 13.5 Å². The Labute approximate surface area is 127 Å². The lowest BCUT2D eigenvalue weighted by atomic mass is 9.91. The van der Waals surface area contributed by atoms with E-state index in [4.69, 9.17) is 0 Å². The molecule has 0 aliphatic carbocycles. The Morgan fingerprint density at radius 2 is 2.00 bits per heavy atom. The maximum Gasteiger partial charge on any atom is 0.211 e. The van der Waals surface area contributed by atoms with Crippen LogP contribution in [0.4, 0.5) is 0 Å². The van der Waals surface area contributed by atoms with Gasteiger partial charge in [0.05, 0.1) is 12.4 Å². The molecular weight excluding hydrogens is 288 g/mol. The summed E-state index contributed by atoms with van der Waals surface area (Å²) >= 11 is 0. The Balaban J connectivity index is 2.03. The molecule has 1 aliphatic rings. The van der Waals surface area contributed by atoms with Gasteiger partial charge in [0, 0.05) is 24.5 Å². The number of aliphatic hydroxyl groups excluding tert-OH is 1. The van der Waals surface area contributed by atoms with E-state index >= 15 is 0 Å². The summed E-state index contributed by atoms with van der Waals surface area (Å²) in [6, 6.07) is 3.80. The van der Waals surface area contributed by atoms with Crippen molar-refractivity contribution in [3.8, 4) is 0 Å². The number of hydrogen-bond donors (Lipinski definition) is 1. The maximum absolute atomic E-state index is 11.6. The zero-order valence-corrected chi connectivity index (χ0v) is 13.7. The van der Waals surface area contributed by atoms with Gasteiger partial charge in [-0.3, -0.25) is 4.98 Å². The van der Waals surface area contributed by atoms with E-state index in [1.807, 2.05) is 26.0 Å². The lowest BCUT2D eigenvalue weighted by Crippen LogP contribution is -2.39. The Kier molecular flexibility index (Phi) is 5.01. The molecule has 2 heterocycles. The van der Waals surface area contributed by atoms with Crippen LogP contribution in [0.3, 0.4) is 0 Å². The number of pyridine rings is 1. The second-order valence-electron chi connectivity index (χ2n) is 6.06. The third-order valence-electron chi connectivity index (χ3n) is 4.00. The fourth-order valence-corrected chi connectivity index (χ4v) is 3.97. The van der Waals surface area contributed by atoms with Crippen molar-refractivity contribution in [2.75, 3.05) is 19.3 Å². The summed E-state index contributed by atoms with van der Waals surface area (Å²) in [4.78, 5) is 4.31. The minimum absolute atomic E-state index is 0.206. The maximum atomic E-state index is 11.6. The molecule has 0 bridgehead atoms. The first kappa shape index (κ1) is 16.4. The van der Waals surface area contributed by atoms with Crippen LogP contribution in [-0.4, -0.2) is 42.2 Å². The van der Waals surface area contributed by atoms with Gasteiger partial charge in [-0.05, 0) is 56.7 Å². The monoisotopic (exact) mass is 312 g/mol. The third kappa shape index (κ3) is 4.49. The van der Waals surface area contributed by atoms with Gasteiger partial charge in [0.1, 0.15) is 0 Å². The quantitative estimate of drug-likeness (QED) is 0.920. The summed E-state index contributed by atoms with van der Waals surface area (Å²) in [5.74, 6) is 0.206. The van der Waals surface area contributed by atoms with E-state index in [1.54, 1.807) is 0 Å². The van der Waals surface area contributed by atoms with Gasteiger partial charge in [-0.15, -0.1) is 0 Å². The smallest absolute Gasteiger partial charge is 0.211 e. The van der Waals surface area contributed by atoms with Crippen molar-refractivity contribution < 1.29 is 13.5 Å². The van der Waals surface area contributed by atoms with Crippen molar-refractivity contribution in [3.05, 3.63) is 29.1 Å². The number of hydrogen-bond acceptors (Lipinski definition) is 4. The molecule has 2 rings (SSSR count). The van der Waals surface area contributed by atoms with Crippen LogP contribution >= 0.6 is 0 Å². The summed E-state index contributed by atoms with van der Waals surface area (Å²) in [5, 5.41) is 10.4. The summed E-state index contributed by atoms with van der Waals surface area (Å²) in [6.45, 7) is 4.93. The highest BCUT2D eigenvalue weighted by Crippen LogP contribution is 2.28. The number of aliphatic hydroxyl groups is 1. The van der Waals surface area contributed by atoms with Crippen molar-refractivity contribution in [1.29, 1.82) is 0 Å². The second-order valence-corrected chi connectivity index (χ2v) is 8.05. The van der Waals surface area contributed by atoms with Gasteiger partial charge in [0.25, 0.3) is 0 Å². The van der Waals surface area contributed by atoms with E-state index in [0.717, 1.165) is 29.8 Å². The van der Waals surface area contributed by atoms with Crippen LogP contribution in [0, 0.1) is 19.8 Å². The van der Waals surface area contributed by atoms with Crippen molar-refractivity contribution in [1.82, 2.24) is 9.29 Å². The summed E-state index contributed by atoms with van der Waals surface area (Å²) in [6.07, 6.45) is 3.11. The molecule has 0 aromatic carbocycles. The Hall–Kier alpha value is -0.980. The highest BCUT2D eigenvalue weighted by atomic mass is 32.2. The zero-order valence-electron chi connectivity index (χ0n) is 12.9. The molecule has 1 aromatic heterocycles. The first-order valence-corrected chi connectivity index (χ1v) is 9.19. The minimum atomic E-state index is -3.13. The second kappa shape index (κ2) is 6.42. The van der Waals surface area contributed by atoms with Gasteiger partial charge in [-0.25, -0.2) is 12.7 Å². The van der Waals surface area contributed by atoms with Gasteiger partial charge in [-0.1, -0.05) is 0 Å². The molecule has 2 unspecified atom stereocenters. The molecule has 6 heteroatoms. The van der Waals surface area contributed by atoms with Crippen LogP contribution in [-0.2, 0) is 10.0 Å². The van der Waals surface area contributed by atoms with E-state index < -0.39 is 16.1 Å². The lowest BCUT2D eigenvalue weighted by molar-refractivity contribution is 0.122. The van der Waals surface area contributed by atoms with E-state index in [-0.39, 0.29) is 5.92 Å². The fraction of sp³-hybridized carbons (Fsp3) is 0.667. The average Bonchev–Trinajstić information content (AvgIpc) is 2.37. The van der Waals surface area contributed by atoms with Crippen LogP contribution in [0.25, 0.3) is 0 Å². The Bertz CT molecular complexity index is 581. The number of aryl methyl sites for hydroxylation is 2. The predicted molar refractivity (Wildman–Crippen MR) is 82.4 cm³/mol. The van der Waals surface area contributed by atoms with Gasteiger partial charge >= 0.3 is 0 Å². The average molecular weight is 312 g/mol. The van der Waals surface area contributed by atoms with Gasteiger partial charge < -0.3 is 5.11 Å². The molecule has 2 atom stereocenters. The molecular formula is C15H24N2O3S. The molecule has 0 amide bonds. The van der Waals surface area contributed by atoms with E-state index in [2.05, 4.69) is 4.98 Å². The largest absolute Gasteiger partial charge is 0.388 e. The number of sulfonamides is 1. The molecule has 0 radical (unpaired) electrons. The van der Waals surface area contributed by atoms with Crippen LogP contribution in [0.1, 0.15) is 42.3 Å². The number of piperidine rings is 1. The van der Waals surface area contributed by atoms with Crippen molar-refractivity contribution in [3.63, 3.8) is 0 Å². The highest BCUT2D eigenvalue weighted by molar-refractivity contribution is 7.88. The first-order valence-electron chi connectivity index (χ1n) is 7.34. The first-order chi connectivity index (χ1) is 9.75. The number of nitrogens with zero attached hydrogens (tertiary/aromatic N) is 2. The topological polar surface area (TPSA) is 70.5 Å². The third-order valence-corrected chi connectivity index (χ3v) is 5.27. The fourth-order valence-electron chi connectivity index (χ4n) is 3.03.